The molecule has 2 aromatic carbocycles. The van der Waals surface area contributed by atoms with Crippen LogP contribution in [-0.2, 0) is 10.0 Å². The van der Waals surface area contributed by atoms with Crippen molar-refractivity contribution in [2.75, 3.05) is 6.54 Å². The maximum Gasteiger partial charge on any atom is 0.243 e. The summed E-state index contributed by atoms with van der Waals surface area (Å²) in [4.78, 5) is 0.354. The summed E-state index contributed by atoms with van der Waals surface area (Å²) in [5.41, 5.74) is 1.02. The van der Waals surface area contributed by atoms with Gasteiger partial charge >= 0.3 is 0 Å². The second-order valence-electron chi connectivity index (χ2n) is 4.46. The van der Waals surface area contributed by atoms with Crippen molar-refractivity contribution >= 4 is 26.0 Å². The van der Waals surface area contributed by atoms with Crippen molar-refractivity contribution in [2.24, 2.45) is 0 Å². The van der Waals surface area contributed by atoms with Gasteiger partial charge in [0.1, 0.15) is 0 Å². The molecular formula is C14H12BrNO2S. The van der Waals surface area contributed by atoms with Crippen LogP contribution >= 0.6 is 15.9 Å². The van der Waals surface area contributed by atoms with Crippen molar-refractivity contribution in [3.63, 3.8) is 0 Å². The number of hydrogen-bond donors (Lipinski definition) is 0. The number of nitrogens with zero attached hydrogens (tertiary/aromatic N) is 1. The standard InChI is InChI=1S/C14H12BrNO2S/c15-12-6-4-5-11(9-12)14-10-16(14)19(17,18)13-7-2-1-3-8-13/h1-9,14H,10H2. The van der Waals surface area contributed by atoms with Crippen LogP contribution in [0.25, 0.3) is 0 Å². The highest BCUT2D eigenvalue weighted by atomic mass is 79.9. The van der Waals surface area contributed by atoms with Crippen molar-refractivity contribution < 1.29 is 8.42 Å². The van der Waals surface area contributed by atoms with E-state index in [9.17, 15) is 8.42 Å². The molecule has 98 valence electrons. The molecule has 3 rings (SSSR count). The molecule has 19 heavy (non-hydrogen) atoms. The van der Waals surface area contributed by atoms with E-state index in [4.69, 9.17) is 0 Å². The number of halogens is 1. The molecule has 1 heterocycles. The maximum absolute atomic E-state index is 12.4. The van der Waals surface area contributed by atoms with Crippen molar-refractivity contribution in [2.45, 2.75) is 10.9 Å². The predicted molar refractivity (Wildman–Crippen MR) is 77.2 cm³/mol. The molecule has 3 nitrogen and oxygen atoms in total. The summed E-state index contributed by atoms with van der Waals surface area (Å²) in [6.07, 6.45) is 0. The van der Waals surface area contributed by atoms with Crippen molar-refractivity contribution in [3.05, 3.63) is 64.6 Å². The minimum absolute atomic E-state index is 0.0392. The molecule has 0 N–H and O–H groups in total. The monoisotopic (exact) mass is 337 g/mol. The van der Waals surface area contributed by atoms with Gasteiger partial charge in [0, 0.05) is 11.0 Å². The molecule has 0 aromatic heterocycles. The molecule has 1 saturated heterocycles. The molecule has 0 aliphatic carbocycles. The molecule has 5 heteroatoms. The van der Waals surface area contributed by atoms with Gasteiger partial charge in [-0.3, -0.25) is 0 Å². The Morgan fingerprint density at radius 3 is 2.47 bits per heavy atom. The van der Waals surface area contributed by atoms with E-state index in [1.165, 1.54) is 4.31 Å². The van der Waals surface area contributed by atoms with Crippen LogP contribution in [0.5, 0.6) is 0 Å². The highest BCUT2D eigenvalue weighted by Crippen LogP contribution is 2.40. The predicted octanol–water partition coefficient (Wildman–Crippen LogP) is 3.19. The van der Waals surface area contributed by atoms with Gasteiger partial charge in [-0.1, -0.05) is 46.3 Å². The molecule has 1 aliphatic heterocycles. The van der Waals surface area contributed by atoms with E-state index in [1.54, 1.807) is 24.3 Å². The van der Waals surface area contributed by atoms with E-state index in [1.807, 2.05) is 30.3 Å². The molecule has 2 atom stereocenters. The zero-order valence-electron chi connectivity index (χ0n) is 10.0. The lowest BCUT2D eigenvalue weighted by Crippen LogP contribution is -2.12. The number of rotatable bonds is 3. The third kappa shape index (κ3) is 2.45. The maximum atomic E-state index is 12.4. The molecule has 0 spiro atoms. The van der Waals surface area contributed by atoms with Crippen molar-refractivity contribution in [1.82, 2.24) is 4.31 Å². The van der Waals surface area contributed by atoms with Gasteiger partial charge < -0.3 is 0 Å². The fraction of sp³-hybridized carbons (Fsp3) is 0.143. The van der Waals surface area contributed by atoms with E-state index in [2.05, 4.69) is 15.9 Å². The van der Waals surface area contributed by atoms with Gasteiger partial charge in [0.2, 0.25) is 10.0 Å². The number of hydrogen-bond acceptors (Lipinski definition) is 2. The first kappa shape index (κ1) is 12.8. The van der Waals surface area contributed by atoms with E-state index >= 15 is 0 Å². The largest absolute Gasteiger partial charge is 0.243 e. The van der Waals surface area contributed by atoms with Crippen molar-refractivity contribution in [3.8, 4) is 0 Å². The SMILES string of the molecule is O=S(=O)(c1ccccc1)N1CC1c1cccc(Br)c1. The Balaban J connectivity index is 1.87. The van der Waals surface area contributed by atoms with Crippen LogP contribution in [-0.4, -0.2) is 19.3 Å². The van der Waals surface area contributed by atoms with Crippen LogP contribution in [0, 0.1) is 0 Å². The normalized spacial score (nSPS) is 22.2. The number of benzene rings is 2. The van der Waals surface area contributed by atoms with Crippen LogP contribution in [0.3, 0.4) is 0 Å². The first-order valence-electron chi connectivity index (χ1n) is 5.91. The average molecular weight is 338 g/mol. The smallest absolute Gasteiger partial charge is 0.207 e. The molecule has 2 aromatic rings. The molecule has 1 fully saturated rings. The molecule has 1 aliphatic rings. The zero-order valence-corrected chi connectivity index (χ0v) is 12.4. The topological polar surface area (TPSA) is 37.1 Å². The van der Waals surface area contributed by atoms with Crippen LogP contribution < -0.4 is 0 Å². The lowest BCUT2D eigenvalue weighted by atomic mass is 10.2. The zero-order chi connectivity index (χ0) is 13.5. The fourth-order valence-electron chi connectivity index (χ4n) is 2.10. The lowest BCUT2D eigenvalue weighted by molar-refractivity contribution is 0.554. The second-order valence-corrected chi connectivity index (χ2v) is 7.26. The van der Waals surface area contributed by atoms with Gasteiger partial charge in [0.05, 0.1) is 10.9 Å². The Morgan fingerprint density at radius 1 is 1.05 bits per heavy atom. The first-order valence-corrected chi connectivity index (χ1v) is 8.15. The molecule has 2 unspecified atom stereocenters. The van der Waals surface area contributed by atoms with Gasteiger partial charge in [-0.2, -0.15) is 4.31 Å². The van der Waals surface area contributed by atoms with Crippen LogP contribution in [0.15, 0.2) is 64.0 Å². The fourth-order valence-corrected chi connectivity index (χ4v) is 4.09. The average Bonchev–Trinajstić information content (AvgIpc) is 3.21. The first-order chi connectivity index (χ1) is 9.09. The molecule has 0 bridgehead atoms. The summed E-state index contributed by atoms with van der Waals surface area (Å²) in [5.74, 6) is 0. The third-order valence-electron chi connectivity index (χ3n) is 3.15. The van der Waals surface area contributed by atoms with Crippen LogP contribution in [0.2, 0.25) is 0 Å². The summed E-state index contributed by atoms with van der Waals surface area (Å²) in [6, 6.07) is 16.3. The van der Waals surface area contributed by atoms with E-state index < -0.39 is 10.0 Å². The summed E-state index contributed by atoms with van der Waals surface area (Å²) < 4.78 is 27.2. The van der Waals surface area contributed by atoms with Crippen molar-refractivity contribution in [1.29, 1.82) is 0 Å². The number of sulfonamides is 1. The third-order valence-corrected chi connectivity index (χ3v) is 5.53. The Kier molecular flexibility index (Phi) is 3.20. The van der Waals surface area contributed by atoms with Gasteiger partial charge in [-0.05, 0) is 29.8 Å². The summed E-state index contributed by atoms with van der Waals surface area (Å²) >= 11 is 3.41. The minimum Gasteiger partial charge on any atom is -0.207 e. The highest BCUT2D eigenvalue weighted by Gasteiger charge is 2.45. The Morgan fingerprint density at radius 2 is 1.79 bits per heavy atom. The second kappa shape index (κ2) is 4.74. The Labute approximate surface area is 121 Å². The summed E-state index contributed by atoms with van der Waals surface area (Å²) in [7, 11) is -3.36. The van der Waals surface area contributed by atoms with E-state index in [0.29, 0.717) is 11.4 Å². The van der Waals surface area contributed by atoms with E-state index in [0.717, 1.165) is 10.0 Å². The molecular weight excluding hydrogens is 326 g/mol. The summed E-state index contributed by atoms with van der Waals surface area (Å²) in [5, 5.41) is 0. The van der Waals surface area contributed by atoms with Gasteiger partial charge in [-0.25, -0.2) is 8.42 Å². The highest BCUT2D eigenvalue weighted by molar-refractivity contribution is 9.10. The van der Waals surface area contributed by atoms with Gasteiger partial charge in [-0.15, -0.1) is 0 Å². The van der Waals surface area contributed by atoms with Crippen LogP contribution in [0.1, 0.15) is 11.6 Å². The van der Waals surface area contributed by atoms with E-state index in [-0.39, 0.29) is 6.04 Å². The molecule has 0 radical (unpaired) electrons. The van der Waals surface area contributed by atoms with Crippen LogP contribution in [0.4, 0.5) is 0 Å². The minimum atomic E-state index is -3.36. The Hall–Kier alpha value is -1.17. The lowest BCUT2D eigenvalue weighted by Gasteiger charge is -2.06. The quantitative estimate of drug-likeness (QED) is 0.806. The van der Waals surface area contributed by atoms with Gasteiger partial charge in [0.25, 0.3) is 0 Å². The Bertz CT molecular complexity index is 700. The molecule has 0 amide bonds. The summed E-state index contributed by atoms with van der Waals surface area (Å²) in [6.45, 7) is 0.549. The van der Waals surface area contributed by atoms with Gasteiger partial charge in [0.15, 0.2) is 0 Å². The molecule has 0 saturated carbocycles.